The molecule has 62 valence electrons. The fraction of sp³-hybridized carbons (Fsp3) is 0.111. The Labute approximate surface area is 94.5 Å². The second-order valence-electron chi connectivity index (χ2n) is 2.73. The lowest BCUT2D eigenvalue weighted by molar-refractivity contribution is 1.44. The van der Waals surface area contributed by atoms with Crippen molar-refractivity contribution in [2.75, 3.05) is 0 Å². The lowest BCUT2D eigenvalue weighted by Gasteiger charge is -1.96. The van der Waals surface area contributed by atoms with Crippen LogP contribution in [-0.4, -0.2) is 0 Å². The number of halogens is 1. The monoisotopic (exact) mass is 306 g/mol. The normalized spacial score (nSPS) is 10.9. The van der Waals surface area contributed by atoms with Crippen LogP contribution in [0.3, 0.4) is 0 Å². The van der Waals surface area contributed by atoms with Crippen LogP contribution in [0.2, 0.25) is 0 Å². The Balaban J connectivity index is 2.88. The molecule has 0 fully saturated rings. The molecule has 1 aromatic carbocycles. The van der Waals surface area contributed by atoms with Gasteiger partial charge in [-0.1, -0.05) is 0 Å². The van der Waals surface area contributed by atoms with Crippen molar-refractivity contribution < 1.29 is 0 Å². The molecule has 0 radical (unpaired) electrons. The third kappa shape index (κ3) is 1.49. The molecular formula is C9H7IS2. The van der Waals surface area contributed by atoms with Gasteiger partial charge in [-0.3, -0.25) is 0 Å². The van der Waals surface area contributed by atoms with E-state index in [-0.39, 0.29) is 0 Å². The number of hydrogen-bond acceptors (Lipinski definition) is 2. The molecule has 0 aliphatic heterocycles. The van der Waals surface area contributed by atoms with E-state index < -0.39 is 0 Å². The highest BCUT2D eigenvalue weighted by atomic mass is 127. The van der Waals surface area contributed by atoms with Crippen molar-refractivity contribution in [3.63, 3.8) is 0 Å². The largest absolute Gasteiger partial charge is 0.143 e. The van der Waals surface area contributed by atoms with Gasteiger partial charge in [-0.25, -0.2) is 0 Å². The Bertz CT molecular complexity index is 431. The van der Waals surface area contributed by atoms with E-state index in [4.69, 9.17) is 0 Å². The summed E-state index contributed by atoms with van der Waals surface area (Å²) in [5.74, 6) is 0. The molecule has 0 saturated carbocycles. The lowest BCUT2D eigenvalue weighted by atomic mass is 10.2. The Kier molecular flexibility index (Phi) is 2.35. The Morgan fingerprint density at radius 2 is 2.08 bits per heavy atom. The predicted octanol–water partition coefficient (Wildman–Crippen LogP) is 4.10. The van der Waals surface area contributed by atoms with Crippen LogP contribution in [0.15, 0.2) is 23.1 Å². The minimum atomic E-state index is 1.05. The van der Waals surface area contributed by atoms with E-state index >= 15 is 0 Å². The highest BCUT2D eigenvalue weighted by Gasteiger charge is 2.02. The van der Waals surface area contributed by atoms with Gasteiger partial charge < -0.3 is 0 Å². The number of aryl methyl sites for hydroxylation is 1. The molecule has 0 atom stereocenters. The molecule has 0 amide bonds. The van der Waals surface area contributed by atoms with Crippen molar-refractivity contribution in [2.45, 2.75) is 11.8 Å². The van der Waals surface area contributed by atoms with E-state index in [2.05, 4.69) is 60.3 Å². The minimum absolute atomic E-state index is 1.05. The Hall–Kier alpha value is 0.260. The molecule has 1 aromatic heterocycles. The molecule has 0 spiro atoms. The SMILES string of the molecule is Cc1cc(S)cc2cc(I)sc12. The number of hydrogen-bond donors (Lipinski definition) is 1. The fourth-order valence-corrected chi connectivity index (χ4v) is 3.44. The molecule has 1 heterocycles. The molecule has 0 aliphatic carbocycles. The smallest absolute Gasteiger partial charge is 0.0666 e. The first-order valence-electron chi connectivity index (χ1n) is 3.55. The molecule has 3 heteroatoms. The maximum atomic E-state index is 4.34. The maximum Gasteiger partial charge on any atom is 0.0666 e. The summed E-state index contributed by atoms with van der Waals surface area (Å²) < 4.78 is 2.72. The van der Waals surface area contributed by atoms with Crippen LogP contribution in [0.1, 0.15) is 5.56 Å². The van der Waals surface area contributed by atoms with Crippen molar-refractivity contribution in [2.24, 2.45) is 0 Å². The molecule has 0 unspecified atom stereocenters. The average molecular weight is 306 g/mol. The van der Waals surface area contributed by atoms with E-state index in [1.54, 1.807) is 0 Å². The molecule has 2 rings (SSSR count). The van der Waals surface area contributed by atoms with Crippen LogP contribution in [0.4, 0.5) is 0 Å². The second kappa shape index (κ2) is 3.20. The average Bonchev–Trinajstić information content (AvgIpc) is 2.29. The van der Waals surface area contributed by atoms with E-state index in [0.29, 0.717) is 0 Å². The summed E-state index contributed by atoms with van der Waals surface area (Å²) in [7, 11) is 0. The van der Waals surface area contributed by atoms with Crippen LogP contribution in [-0.2, 0) is 0 Å². The van der Waals surface area contributed by atoms with Crippen LogP contribution in [0.5, 0.6) is 0 Å². The molecule has 0 nitrogen and oxygen atoms in total. The Morgan fingerprint density at radius 1 is 1.33 bits per heavy atom. The van der Waals surface area contributed by atoms with Gasteiger partial charge in [0.2, 0.25) is 0 Å². The lowest BCUT2D eigenvalue weighted by Crippen LogP contribution is -1.72. The van der Waals surface area contributed by atoms with Crippen molar-refractivity contribution >= 4 is 56.6 Å². The van der Waals surface area contributed by atoms with Crippen LogP contribution < -0.4 is 0 Å². The Morgan fingerprint density at radius 3 is 2.83 bits per heavy atom. The second-order valence-corrected chi connectivity index (χ2v) is 6.19. The summed E-state index contributed by atoms with van der Waals surface area (Å²) in [6.45, 7) is 2.13. The zero-order valence-electron chi connectivity index (χ0n) is 6.47. The number of thiophene rings is 1. The number of thiol groups is 1. The van der Waals surface area contributed by atoms with Gasteiger partial charge in [-0.2, -0.15) is 0 Å². The molecule has 0 N–H and O–H groups in total. The van der Waals surface area contributed by atoms with Crippen molar-refractivity contribution in [1.82, 2.24) is 0 Å². The summed E-state index contributed by atoms with van der Waals surface area (Å²) in [6.07, 6.45) is 0. The van der Waals surface area contributed by atoms with Gasteiger partial charge in [0, 0.05) is 9.60 Å². The summed E-state index contributed by atoms with van der Waals surface area (Å²) in [5.41, 5.74) is 1.32. The van der Waals surface area contributed by atoms with Gasteiger partial charge in [0.15, 0.2) is 0 Å². The summed E-state index contributed by atoms with van der Waals surface area (Å²) in [5, 5.41) is 1.31. The van der Waals surface area contributed by atoms with E-state index in [1.807, 2.05) is 11.3 Å². The van der Waals surface area contributed by atoms with Gasteiger partial charge in [-0.15, -0.1) is 24.0 Å². The highest BCUT2D eigenvalue weighted by Crippen LogP contribution is 2.31. The van der Waals surface area contributed by atoms with Crippen LogP contribution in [0.25, 0.3) is 10.1 Å². The van der Waals surface area contributed by atoms with Crippen LogP contribution in [0, 0.1) is 9.81 Å². The number of rotatable bonds is 0. The first kappa shape index (κ1) is 8.84. The number of benzene rings is 1. The van der Waals surface area contributed by atoms with Gasteiger partial charge in [0.25, 0.3) is 0 Å². The summed E-state index contributed by atoms with van der Waals surface area (Å²) >= 11 is 8.54. The van der Waals surface area contributed by atoms with Gasteiger partial charge >= 0.3 is 0 Å². The topological polar surface area (TPSA) is 0 Å². The molecule has 0 saturated heterocycles. The highest BCUT2D eigenvalue weighted by molar-refractivity contribution is 14.1. The minimum Gasteiger partial charge on any atom is -0.143 e. The molecule has 2 aromatic rings. The first-order valence-corrected chi connectivity index (χ1v) is 5.90. The zero-order valence-corrected chi connectivity index (χ0v) is 10.3. The van der Waals surface area contributed by atoms with Gasteiger partial charge in [0.1, 0.15) is 0 Å². The zero-order chi connectivity index (χ0) is 8.72. The van der Waals surface area contributed by atoms with E-state index in [9.17, 15) is 0 Å². The molecule has 0 aliphatic rings. The summed E-state index contributed by atoms with van der Waals surface area (Å²) in [4.78, 5) is 1.05. The van der Waals surface area contributed by atoms with Gasteiger partial charge in [0.05, 0.1) is 2.88 Å². The predicted molar refractivity (Wildman–Crippen MR) is 66.5 cm³/mol. The fourth-order valence-electron chi connectivity index (χ4n) is 1.28. The van der Waals surface area contributed by atoms with Crippen molar-refractivity contribution in [1.29, 1.82) is 0 Å². The summed E-state index contributed by atoms with van der Waals surface area (Å²) in [6, 6.07) is 6.43. The quantitative estimate of drug-likeness (QED) is 0.550. The third-order valence-corrected chi connectivity index (χ3v) is 4.06. The first-order chi connectivity index (χ1) is 5.66. The van der Waals surface area contributed by atoms with Crippen molar-refractivity contribution in [3.8, 4) is 0 Å². The molecular weight excluding hydrogens is 299 g/mol. The molecule has 0 bridgehead atoms. The van der Waals surface area contributed by atoms with Crippen molar-refractivity contribution in [3.05, 3.63) is 26.6 Å². The third-order valence-electron chi connectivity index (χ3n) is 1.76. The number of fused-ring (bicyclic) bond motifs is 1. The van der Waals surface area contributed by atoms with Gasteiger partial charge in [-0.05, 0) is 58.7 Å². The molecule has 12 heavy (non-hydrogen) atoms. The van der Waals surface area contributed by atoms with E-state index in [1.165, 1.54) is 18.5 Å². The maximum absolute atomic E-state index is 4.34. The van der Waals surface area contributed by atoms with Crippen LogP contribution >= 0.6 is 46.6 Å². The van der Waals surface area contributed by atoms with E-state index in [0.717, 1.165) is 4.90 Å². The standard InChI is InChI=1S/C9H7IS2/c1-5-2-7(11)3-6-4-8(10)12-9(5)6/h2-4,11H,1H3.